The molecule has 0 bridgehead atoms. The molecule has 0 saturated heterocycles. The van der Waals surface area contributed by atoms with E-state index in [1.807, 2.05) is 0 Å². The molecule has 0 aliphatic carbocycles. The molecule has 0 aliphatic heterocycles. The van der Waals surface area contributed by atoms with Crippen molar-refractivity contribution in [2.45, 2.75) is 115 Å². The van der Waals surface area contributed by atoms with E-state index in [9.17, 15) is 13.5 Å². The summed E-state index contributed by atoms with van der Waals surface area (Å²) in [6.07, 6.45) is 19.4. The summed E-state index contributed by atoms with van der Waals surface area (Å²) in [5.41, 5.74) is 0. The van der Waals surface area contributed by atoms with Crippen molar-refractivity contribution in [2.24, 2.45) is 0 Å². The van der Waals surface area contributed by atoms with Gasteiger partial charge in [-0.15, -0.1) is 0 Å². The van der Waals surface area contributed by atoms with E-state index in [4.69, 9.17) is 19.2 Å². The topological polar surface area (TPSA) is 132 Å². The van der Waals surface area contributed by atoms with Crippen molar-refractivity contribution < 1.29 is 32.8 Å². The van der Waals surface area contributed by atoms with E-state index < -0.39 is 29.0 Å². The van der Waals surface area contributed by atoms with E-state index in [1.54, 1.807) is 18.7 Å². The monoisotopic (exact) mass is 506 g/mol. The van der Waals surface area contributed by atoms with Gasteiger partial charge in [-0.25, -0.2) is 13.0 Å². The SMILES string of the molecule is CCCCCCCCCCCCCCCCSCC(C(C)O)S(C)(=O)=O.O=P(O)(O)O. The Kier molecular flexibility index (Phi) is 22.7. The molecule has 0 spiro atoms. The van der Waals surface area contributed by atoms with E-state index >= 15 is 0 Å². The summed E-state index contributed by atoms with van der Waals surface area (Å²) < 4.78 is 32.1. The zero-order valence-corrected chi connectivity index (χ0v) is 22.3. The van der Waals surface area contributed by atoms with Crippen LogP contribution in [0.4, 0.5) is 0 Å². The number of sulfone groups is 1. The zero-order chi connectivity index (χ0) is 24.2. The summed E-state index contributed by atoms with van der Waals surface area (Å²) >= 11 is 1.66. The molecule has 10 heteroatoms. The Balaban J connectivity index is 0. The fourth-order valence-corrected chi connectivity index (χ4v) is 6.30. The van der Waals surface area contributed by atoms with Crippen LogP contribution in [0.3, 0.4) is 0 Å². The maximum atomic E-state index is 11.6. The molecule has 0 aromatic heterocycles. The minimum atomic E-state index is -4.64. The highest BCUT2D eigenvalue weighted by atomic mass is 32.2. The predicted molar refractivity (Wildman–Crippen MR) is 132 cm³/mol. The smallest absolute Gasteiger partial charge is 0.392 e. The molecular weight excluding hydrogens is 459 g/mol. The lowest BCUT2D eigenvalue weighted by Gasteiger charge is -2.17. The molecule has 0 heterocycles. The van der Waals surface area contributed by atoms with Crippen molar-refractivity contribution in [2.75, 3.05) is 17.8 Å². The minimum Gasteiger partial charge on any atom is -0.392 e. The van der Waals surface area contributed by atoms with Crippen molar-refractivity contribution in [3.63, 3.8) is 0 Å². The first-order chi connectivity index (χ1) is 14.4. The lowest BCUT2D eigenvalue weighted by molar-refractivity contribution is 0.194. The summed E-state index contributed by atoms with van der Waals surface area (Å²) in [7, 11) is -7.79. The number of aliphatic hydroxyl groups is 1. The van der Waals surface area contributed by atoms with Crippen LogP contribution < -0.4 is 0 Å². The van der Waals surface area contributed by atoms with Gasteiger partial charge in [0.15, 0.2) is 9.84 Å². The normalized spacial score (nSPS) is 14.0. The van der Waals surface area contributed by atoms with Gasteiger partial charge in [0.2, 0.25) is 0 Å². The summed E-state index contributed by atoms with van der Waals surface area (Å²) in [6.45, 7) is 3.84. The van der Waals surface area contributed by atoms with Crippen molar-refractivity contribution in [3.05, 3.63) is 0 Å². The van der Waals surface area contributed by atoms with E-state index in [1.165, 1.54) is 89.7 Å². The maximum absolute atomic E-state index is 11.6. The Morgan fingerprint density at radius 3 is 1.39 bits per heavy atom. The molecular formula is C21H47O7PS2. The Bertz CT molecular complexity index is 528. The van der Waals surface area contributed by atoms with Crippen molar-refractivity contribution in [3.8, 4) is 0 Å². The van der Waals surface area contributed by atoms with Crippen LogP contribution in [0.15, 0.2) is 0 Å². The average Bonchev–Trinajstić information content (AvgIpc) is 2.61. The third-order valence-electron chi connectivity index (χ3n) is 5.01. The Hall–Kier alpha value is 0.370. The molecule has 31 heavy (non-hydrogen) atoms. The molecule has 0 radical (unpaired) electrons. The highest BCUT2D eigenvalue weighted by Crippen LogP contribution is 2.25. The molecule has 2 unspecified atom stereocenters. The van der Waals surface area contributed by atoms with Gasteiger partial charge in [-0.2, -0.15) is 11.8 Å². The van der Waals surface area contributed by atoms with Crippen LogP contribution in [-0.2, 0) is 14.4 Å². The molecule has 190 valence electrons. The second-order valence-electron chi connectivity index (χ2n) is 8.29. The van der Waals surface area contributed by atoms with Gasteiger partial charge in [-0.1, -0.05) is 90.4 Å². The van der Waals surface area contributed by atoms with Crippen molar-refractivity contribution in [1.29, 1.82) is 0 Å². The number of phosphoric acid groups is 1. The van der Waals surface area contributed by atoms with Crippen LogP contribution in [-0.4, -0.2) is 57.3 Å². The van der Waals surface area contributed by atoms with E-state index in [0.717, 1.165) is 12.2 Å². The molecule has 0 aromatic carbocycles. The molecule has 0 rings (SSSR count). The van der Waals surface area contributed by atoms with Crippen molar-refractivity contribution in [1.82, 2.24) is 0 Å². The van der Waals surface area contributed by atoms with Crippen molar-refractivity contribution >= 4 is 29.4 Å². The molecule has 0 amide bonds. The molecule has 0 aromatic rings. The lowest BCUT2D eigenvalue weighted by atomic mass is 10.0. The third-order valence-corrected chi connectivity index (χ3v) is 8.06. The summed E-state index contributed by atoms with van der Waals surface area (Å²) in [5.74, 6) is 1.51. The van der Waals surface area contributed by atoms with Crippen LogP contribution in [0.2, 0.25) is 0 Å². The quantitative estimate of drug-likeness (QED) is 0.141. The van der Waals surface area contributed by atoms with Crippen LogP contribution in [0.1, 0.15) is 104 Å². The second-order valence-corrected chi connectivity index (χ2v) is 12.7. The molecule has 2 atom stereocenters. The van der Waals surface area contributed by atoms with Gasteiger partial charge in [0, 0.05) is 12.0 Å². The third kappa shape index (κ3) is 30.4. The number of hydrogen-bond donors (Lipinski definition) is 4. The number of thioether (sulfide) groups is 1. The molecule has 0 aliphatic rings. The van der Waals surface area contributed by atoms with Gasteiger partial charge in [-0.05, 0) is 19.1 Å². The van der Waals surface area contributed by atoms with E-state index in [0.29, 0.717) is 5.75 Å². The zero-order valence-electron chi connectivity index (χ0n) is 19.7. The summed E-state index contributed by atoms with van der Waals surface area (Å²) in [6, 6.07) is 0. The fourth-order valence-electron chi connectivity index (χ4n) is 3.22. The predicted octanol–water partition coefficient (Wildman–Crippen LogP) is 5.07. The maximum Gasteiger partial charge on any atom is 0.466 e. The van der Waals surface area contributed by atoms with Gasteiger partial charge in [0.25, 0.3) is 0 Å². The largest absolute Gasteiger partial charge is 0.466 e. The lowest BCUT2D eigenvalue weighted by Crippen LogP contribution is -2.33. The highest BCUT2D eigenvalue weighted by molar-refractivity contribution is 8.00. The molecule has 0 saturated carbocycles. The van der Waals surface area contributed by atoms with Crippen LogP contribution in [0, 0.1) is 0 Å². The average molecular weight is 507 g/mol. The van der Waals surface area contributed by atoms with Gasteiger partial charge < -0.3 is 19.8 Å². The summed E-state index contributed by atoms with van der Waals surface area (Å²) in [5, 5.41) is 8.96. The van der Waals surface area contributed by atoms with E-state index in [-0.39, 0.29) is 0 Å². The molecule has 0 fully saturated rings. The van der Waals surface area contributed by atoms with Gasteiger partial charge in [0.05, 0.1) is 11.4 Å². The Labute approximate surface area is 195 Å². The van der Waals surface area contributed by atoms with E-state index in [2.05, 4.69) is 6.92 Å². The van der Waals surface area contributed by atoms with Gasteiger partial charge in [0.1, 0.15) is 0 Å². The number of rotatable bonds is 19. The Morgan fingerprint density at radius 1 is 0.774 bits per heavy atom. The standard InChI is InChI=1S/C21H44O3S2.H3O4P/c1-4-5-6-7-8-9-10-11-12-13-14-15-16-17-18-25-19-21(20(2)22)26(3,23)24;1-5(2,3)4/h20-22H,4-19H2,1-3H3;(H3,1,2,3,4). The van der Waals surface area contributed by atoms with Crippen LogP contribution >= 0.6 is 19.6 Å². The molecule has 4 N–H and O–H groups in total. The second kappa shape index (κ2) is 20.9. The fraction of sp³-hybridized carbons (Fsp3) is 1.00. The Morgan fingerprint density at radius 2 is 1.10 bits per heavy atom. The highest BCUT2D eigenvalue weighted by Gasteiger charge is 2.25. The number of unbranched alkanes of at least 4 members (excludes halogenated alkanes) is 13. The van der Waals surface area contributed by atoms with Crippen LogP contribution in [0.5, 0.6) is 0 Å². The first-order valence-corrected chi connectivity index (χ1v) is 16.3. The summed E-state index contributed by atoms with van der Waals surface area (Å²) in [4.78, 5) is 21.6. The minimum absolute atomic E-state index is 0.509. The first-order valence-electron chi connectivity index (χ1n) is 11.6. The first kappa shape index (κ1) is 33.5. The number of hydrogen-bond acceptors (Lipinski definition) is 5. The molecule has 7 nitrogen and oxygen atoms in total. The van der Waals surface area contributed by atoms with Gasteiger partial charge >= 0.3 is 7.82 Å². The van der Waals surface area contributed by atoms with Crippen LogP contribution in [0.25, 0.3) is 0 Å². The van der Waals surface area contributed by atoms with Gasteiger partial charge in [-0.3, -0.25) is 0 Å². The number of aliphatic hydroxyl groups excluding tert-OH is 1.